The van der Waals surface area contributed by atoms with E-state index in [-0.39, 0.29) is 24.1 Å². The van der Waals surface area contributed by atoms with E-state index in [1.807, 2.05) is 13.8 Å². The van der Waals surface area contributed by atoms with Gasteiger partial charge >= 0.3 is 11.9 Å². The molecule has 0 N–H and O–H groups in total. The zero-order valence-electron chi connectivity index (χ0n) is 10.1. The van der Waals surface area contributed by atoms with Crippen LogP contribution in [0.25, 0.3) is 0 Å². The average molecular weight is 276 g/mol. The van der Waals surface area contributed by atoms with Crippen molar-refractivity contribution < 1.29 is 19.1 Å². The second-order valence-electron chi connectivity index (χ2n) is 5.33. The van der Waals surface area contributed by atoms with Gasteiger partial charge in [0.25, 0.3) is 0 Å². The van der Waals surface area contributed by atoms with Gasteiger partial charge in [-0.1, -0.05) is 0 Å². The molecule has 0 aliphatic carbocycles. The summed E-state index contributed by atoms with van der Waals surface area (Å²) in [6.07, 6.45) is 1.55. The minimum Gasteiger partial charge on any atom is -0.462 e. The summed E-state index contributed by atoms with van der Waals surface area (Å²) in [4.78, 5) is 23.6. The number of hydrogen-bond acceptors (Lipinski definition) is 4. The van der Waals surface area contributed by atoms with Crippen LogP contribution in [0, 0.1) is 0 Å². The van der Waals surface area contributed by atoms with Crippen LogP contribution in [0.3, 0.4) is 0 Å². The van der Waals surface area contributed by atoms with Gasteiger partial charge in [-0.3, -0.25) is 9.59 Å². The minimum absolute atomic E-state index is 0.0801. The van der Waals surface area contributed by atoms with Gasteiger partial charge in [0.1, 0.15) is 12.2 Å². The first kappa shape index (κ1) is 13.2. The molecule has 2 heterocycles. The molecule has 4 nitrogen and oxygen atoms in total. The first-order chi connectivity index (χ1) is 7.75. The fourth-order valence-corrected chi connectivity index (χ4v) is 4.49. The standard InChI is InChI=1S/C11H18O4P2/c1-6-3-10(16,8(12)14-6)5-11(17)4-7(2)15-9(11)13/h6-7H,3-5,16-17H2,1-2H3. The first-order valence-corrected chi connectivity index (χ1v) is 6.91. The summed E-state index contributed by atoms with van der Waals surface area (Å²) in [5, 5.41) is -1.30. The van der Waals surface area contributed by atoms with Crippen LogP contribution in [0.15, 0.2) is 0 Å². The maximum Gasteiger partial charge on any atom is 0.316 e. The van der Waals surface area contributed by atoms with Crippen molar-refractivity contribution >= 4 is 30.4 Å². The Morgan fingerprint density at radius 2 is 1.41 bits per heavy atom. The highest BCUT2D eigenvalue weighted by molar-refractivity contribution is 7.22. The second kappa shape index (κ2) is 4.17. The van der Waals surface area contributed by atoms with Gasteiger partial charge in [-0.2, -0.15) is 0 Å². The molecule has 96 valence electrons. The van der Waals surface area contributed by atoms with E-state index >= 15 is 0 Å². The third-order valence-electron chi connectivity index (χ3n) is 3.36. The Kier molecular flexibility index (Phi) is 3.25. The van der Waals surface area contributed by atoms with Crippen molar-refractivity contribution in [2.45, 2.75) is 55.6 Å². The van der Waals surface area contributed by atoms with Crippen molar-refractivity contribution in [1.82, 2.24) is 0 Å². The summed E-state index contributed by atoms with van der Waals surface area (Å²) in [5.74, 6) is -0.464. The number of rotatable bonds is 2. The molecule has 17 heavy (non-hydrogen) atoms. The van der Waals surface area contributed by atoms with Gasteiger partial charge in [-0.15, -0.1) is 18.5 Å². The summed E-state index contributed by atoms with van der Waals surface area (Å²) in [6.45, 7) is 3.74. The van der Waals surface area contributed by atoms with Gasteiger partial charge in [-0.25, -0.2) is 0 Å². The Bertz CT molecular complexity index is 338. The summed E-state index contributed by atoms with van der Waals surface area (Å²) < 4.78 is 10.3. The predicted octanol–water partition coefficient (Wildman–Crippen LogP) is 1.28. The van der Waals surface area contributed by atoms with E-state index in [2.05, 4.69) is 18.5 Å². The number of ether oxygens (including phenoxy) is 2. The van der Waals surface area contributed by atoms with E-state index in [0.717, 1.165) is 0 Å². The average Bonchev–Trinajstić information content (AvgIpc) is 2.51. The molecule has 0 aromatic rings. The number of carbonyl (C=O) groups excluding carboxylic acids is 2. The first-order valence-electron chi connectivity index (χ1n) is 5.75. The van der Waals surface area contributed by atoms with Crippen molar-refractivity contribution in [3.05, 3.63) is 0 Å². The lowest BCUT2D eigenvalue weighted by Gasteiger charge is -2.28. The lowest BCUT2D eigenvalue weighted by Crippen LogP contribution is -2.39. The van der Waals surface area contributed by atoms with Crippen LogP contribution in [-0.4, -0.2) is 34.5 Å². The van der Waals surface area contributed by atoms with E-state index in [9.17, 15) is 9.59 Å². The lowest BCUT2D eigenvalue weighted by atomic mass is 9.88. The fraction of sp³-hybridized carbons (Fsp3) is 0.818. The van der Waals surface area contributed by atoms with Crippen LogP contribution in [-0.2, 0) is 19.1 Å². The Balaban J connectivity index is 2.16. The molecule has 0 aromatic carbocycles. The molecule has 2 rings (SSSR count). The molecule has 2 saturated heterocycles. The monoisotopic (exact) mass is 276 g/mol. The van der Waals surface area contributed by atoms with Gasteiger partial charge in [0.15, 0.2) is 0 Å². The van der Waals surface area contributed by atoms with Crippen LogP contribution in [0.2, 0.25) is 0 Å². The zero-order chi connectivity index (χ0) is 12.8. The van der Waals surface area contributed by atoms with Crippen molar-refractivity contribution in [3.8, 4) is 0 Å². The van der Waals surface area contributed by atoms with E-state index < -0.39 is 10.3 Å². The Morgan fingerprint density at radius 3 is 1.65 bits per heavy atom. The number of carbonyl (C=O) groups is 2. The molecule has 6 atom stereocenters. The maximum absolute atomic E-state index is 11.8. The van der Waals surface area contributed by atoms with E-state index in [0.29, 0.717) is 19.3 Å². The summed E-state index contributed by atoms with van der Waals surface area (Å²) >= 11 is 0. The van der Waals surface area contributed by atoms with Crippen LogP contribution in [0.5, 0.6) is 0 Å². The molecule has 0 bridgehead atoms. The Morgan fingerprint density at radius 1 is 1.06 bits per heavy atom. The predicted molar refractivity (Wildman–Crippen MR) is 69.8 cm³/mol. The highest BCUT2D eigenvalue weighted by atomic mass is 31.0. The van der Waals surface area contributed by atoms with Crippen LogP contribution < -0.4 is 0 Å². The van der Waals surface area contributed by atoms with Gasteiger partial charge in [-0.05, 0) is 20.3 Å². The summed E-state index contributed by atoms with van der Waals surface area (Å²) in [5.41, 5.74) is 0. The molecule has 0 amide bonds. The normalized spacial score (nSPS) is 45.9. The van der Waals surface area contributed by atoms with E-state index in [4.69, 9.17) is 9.47 Å². The van der Waals surface area contributed by atoms with Gasteiger partial charge in [0, 0.05) is 12.8 Å². The molecule has 0 saturated carbocycles. The highest BCUT2D eigenvalue weighted by Crippen LogP contribution is 2.47. The Labute approximate surface area is 106 Å². The third-order valence-corrected chi connectivity index (χ3v) is 4.71. The van der Waals surface area contributed by atoms with Crippen molar-refractivity contribution in [3.63, 3.8) is 0 Å². The van der Waals surface area contributed by atoms with Gasteiger partial charge in [0.05, 0.1) is 10.3 Å². The molecular weight excluding hydrogens is 258 g/mol. The number of hydrogen-bond donors (Lipinski definition) is 0. The molecule has 0 spiro atoms. The third kappa shape index (κ3) is 2.35. The zero-order valence-corrected chi connectivity index (χ0v) is 12.4. The van der Waals surface area contributed by atoms with Gasteiger partial charge in [0.2, 0.25) is 0 Å². The maximum atomic E-state index is 11.8. The van der Waals surface area contributed by atoms with E-state index in [1.165, 1.54) is 0 Å². The lowest BCUT2D eigenvalue weighted by molar-refractivity contribution is -0.144. The quantitative estimate of drug-likeness (QED) is 0.563. The van der Waals surface area contributed by atoms with Crippen molar-refractivity contribution in [2.75, 3.05) is 0 Å². The molecule has 2 aliphatic rings. The largest absolute Gasteiger partial charge is 0.462 e. The van der Waals surface area contributed by atoms with Crippen LogP contribution in [0.4, 0.5) is 0 Å². The molecule has 0 radical (unpaired) electrons. The minimum atomic E-state index is -0.649. The number of cyclic esters (lactones) is 2. The molecule has 0 aromatic heterocycles. The van der Waals surface area contributed by atoms with E-state index in [1.54, 1.807) is 0 Å². The van der Waals surface area contributed by atoms with Crippen molar-refractivity contribution in [2.24, 2.45) is 0 Å². The highest BCUT2D eigenvalue weighted by Gasteiger charge is 2.54. The van der Waals surface area contributed by atoms with Crippen molar-refractivity contribution in [1.29, 1.82) is 0 Å². The van der Waals surface area contributed by atoms with Crippen LogP contribution in [0.1, 0.15) is 33.1 Å². The molecule has 6 heteroatoms. The SMILES string of the molecule is CC1CC(P)(CC2(P)CC(C)OC2=O)C(=O)O1. The fourth-order valence-electron chi connectivity index (χ4n) is 2.73. The smallest absolute Gasteiger partial charge is 0.316 e. The number of esters is 2. The Hall–Kier alpha value is -0.200. The molecule has 6 unspecified atom stereocenters. The van der Waals surface area contributed by atoms with Crippen LogP contribution >= 0.6 is 18.5 Å². The second-order valence-corrected chi connectivity index (χ2v) is 7.54. The summed E-state index contributed by atoms with van der Waals surface area (Å²) in [6, 6.07) is 0. The molecular formula is C11H18O4P2. The van der Waals surface area contributed by atoms with Gasteiger partial charge < -0.3 is 9.47 Å². The molecule has 2 fully saturated rings. The summed E-state index contributed by atoms with van der Waals surface area (Å²) in [7, 11) is 5.15. The molecule has 2 aliphatic heterocycles. The topological polar surface area (TPSA) is 52.6 Å².